The van der Waals surface area contributed by atoms with Crippen LogP contribution in [-0.4, -0.2) is 5.08 Å². The number of rotatable bonds is 2. The molecule has 0 aliphatic heterocycles. The molecule has 0 aliphatic rings. The van der Waals surface area contributed by atoms with E-state index in [2.05, 4.69) is 12.6 Å². The highest BCUT2D eigenvalue weighted by atomic mass is 35.5. The molecule has 0 nitrogen and oxygen atoms in total. The van der Waals surface area contributed by atoms with Crippen LogP contribution in [0.15, 0.2) is 29.2 Å². The van der Waals surface area contributed by atoms with Gasteiger partial charge in [-0.15, -0.1) is 11.8 Å². The van der Waals surface area contributed by atoms with Gasteiger partial charge in [0.25, 0.3) is 0 Å². The van der Waals surface area contributed by atoms with Crippen LogP contribution in [0.2, 0.25) is 5.02 Å². The van der Waals surface area contributed by atoms with E-state index in [1.165, 1.54) is 4.90 Å². The smallest absolute Gasteiger partial charge is 0.0409 e. The monoisotopic (exact) mass is 190 g/mol. The number of benzene rings is 1. The molecule has 0 atom stereocenters. The first kappa shape index (κ1) is 8.31. The van der Waals surface area contributed by atoms with Crippen molar-refractivity contribution >= 4 is 36.0 Å². The number of thiol groups is 1. The quantitative estimate of drug-likeness (QED) is 0.424. The largest absolute Gasteiger partial charge is 0.168 e. The second-order valence-electron chi connectivity index (χ2n) is 1.73. The van der Waals surface area contributed by atoms with Crippen molar-refractivity contribution in [2.45, 2.75) is 4.90 Å². The van der Waals surface area contributed by atoms with E-state index in [9.17, 15) is 0 Å². The molecule has 0 unspecified atom stereocenters. The molecule has 0 heterocycles. The maximum absolute atomic E-state index is 5.68. The fourth-order valence-corrected chi connectivity index (χ4v) is 1.66. The van der Waals surface area contributed by atoms with Crippen molar-refractivity contribution in [1.82, 2.24) is 0 Å². The van der Waals surface area contributed by atoms with Gasteiger partial charge in [0.05, 0.1) is 0 Å². The number of hydrogen-bond acceptors (Lipinski definition) is 2. The summed E-state index contributed by atoms with van der Waals surface area (Å²) in [6, 6.07) is 7.74. The van der Waals surface area contributed by atoms with Crippen molar-refractivity contribution in [3.8, 4) is 0 Å². The second kappa shape index (κ2) is 4.16. The van der Waals surface area contributed by atoms with E-state index in [4.69, 9.17) is 11.6 Å². The minimum absolute atomic E-state index is 0.781. The number of thioether (sulfide) groups is 1. The third-order valence-corrected chi connectivity index (χ3v) is 2.42. The zero-order chi connectivity index (χ0) is 7.40. The minimum Gasteiger partial charge on any atom is -0.168 e. The lowest BCUT2D eigenvalue weighted by Gasteiger charge is -1.95. The standard InChI is InChI=1S/C7H7ClS2/c8-6-1-3-7(4-2-6)10-5-9/h1-4,9H,5H2. The van der Waals surface area contributed by atoms with Crippen LogP contribution in [-0.2, 0) is 0 Å². The lowest BCUT2D eigenvalue weighted by Crippen LogP contribution is -1.69. The van der Waals surface area contributed by atoms with E-state index < -0.39 is 0 Å². The molecule has 0 bridgehead atoms. The van der Waals surface area contributed by atoms with E-state index >= 15 is 0 Å². The van der Waals surface area contributed by atoms with Gasteiger partial charge in [-0.2, -0.15) is 12.6 Å². The lowest BCUT2D eigenvalue weighted by molar-refractivity contribution is 1.47. The van der Waals surface area contributed by atoms with Crippen molar-refractivity contribution in [2.75, 3.05) is 5.08 Å². The van der Waals surface area contributed by atoms with Gasteiger partial charge in [-0.1, -0.05) is 11.6 Å². The predicted molar refractivity (Wildman–Crippen MR) is 51.2 cm³/mol. The van der Waals surface area contributed by atoms with Crippen LogP contribution < -0.4 is 0 Å². The topological polar surface area (TPSA) is 0 Å². The third-order valence-electron chi connectivity index (χ3n) is 1.04. The molecule has 1 aromatic rings. The average Bonchev–Trinajstić information content (AvgIpc) is 1.95. The van der Waals surface area contributed by atoms with Crippen LogP contribution in [0.5, 0.6) is 0 Å². The molecule has 0 radical (unpaired) electrons. The zero-order valence-electron chi connectivity index (χ0n) is 5.25. The van der Waals surface area contributed by atoms with Crippen molar-refractivity contribution in [1.29, 1.82) is 0 Å². The normalized spacial score (nSPS) is 9.80. The van der Waals surface area contributed by atoms with Gasteiger partial charge in [0.1, 0.15) is 0 Å². The predicted octanol–water partition coefficient (Wildman–Crippen LogP) is 3.32. The molecular formula is C7H7ClS2. The van der Waals surface area contributed by atoms with Crippen molar-refractivity contribution in [3.05, 3.63) is 29.3 Å². The Morgan fingerprint density at radius 3 is 2.40 bits per heavy atom. The third kappa shape index (κ3) is 2.45. The molecule has 0 N–H and O–H groups in total. The summed E-state index contributed by atoms with van der Waals surface area (Å²) in [7, 11) is 0. The van der Waals surface area contributed by atoms with Gasteiger partial charge in [-0.25, -0.2) is 0 Å². The van der Waals surface area contributed by atoms with Crippen LogP contribution in [0.4, 0.5) is 0 Å². The van der Waals surface area contributed by atoms with Crippen LogP contribution in [0.3, 0.4) is 0 Å². The van der Waals surface area contributed by atoms with E-state index in [1.807, 2.05) is 24.3 Å². The Morgan fingerprint density at radius 2 is 1.90 bits per heavy atom. The van der Waals surface area contributed by atoms with Crippen molar-refractivity contribution in [3.63, 3.8) is 0 Å². The van der Waals surface area contributed by atoms with Crippen molar-refractivity contribution < 1.29 is 0 Å². The molecule has 1 rings (SSSR count). The van der Waals surface area contributed by atoms with Crippen LogP contribution in [0.25, 0.3) is 0 Å². The maximum atomic E-state index is 5.68. The molecule has 0 saturated heterocycles. The Hall–Kier alpha value is 0.210. The first-order valence-corrected chi connectivity index (χ1v) is 4.82. The first-order valence-electron chi connectivity index (χ1n) is 2.82. The van der Waals surface area contributed by atoms with Gasteiger partial charge in [-0.3, -0.25) is 0 Å². The van der Waals surface area contributed by atoms with Crippen LogP contribution >= 0.6 is 36.0 Å². The summed E-state index contributed by atoms with van der Waals surface area (Å²) in [5.41, 5.74) is 0. The molecule has 1 aromatic carbocycles. The molecule has 0 aromatic heterocycles. The van der Waals surface area contributed by atoms with Gasteiger partial charge in [-0.05, 0) is 24.3 Å². The summed E-state index contributed by atoms with van der Waals surface area (Å²) in [4.78, 5) is 1.21. The summed E-state index contributed by atoms with van der Waals surface area (Å²) in [6.45, 7) is 0. The van der Waals surface area contributed by atoms with E-state index in [0.717, 1.165) is 10.1 Å². The molecule has 0 fully saturated rings. The molecular weight excluding hydrogens is 184 g/mol. The Kier molecular flexibility index (Phi) is 3.46. The minimum atomic E-state index is 0.781. The van der Waals surface area contributed by atoms with Gasteiger partial charge >= 0.3 is 0 Å². The Bertz CT molecular complexity index is 195. The second-order valence-corrected chi connectivity index (χ2v) is 3.96. The van der Waals surface area contributed by atoms with Gasteiger partial charge < -0.3 is 0 Å². The molecule has 10 heavy (non-hydrogen) atoms. The average molecular weight is 191 g/mol. The maximum Gasteiger partial charge on any atom is 0.0409 e. The Balaban J connectivity index is 2.69. The Labute approximate surface area is 75.4 Å². The summed E-state index contributed by atoms with van der Waals surface area (Å²) in [5.74, 6) is 0. The van der Waals surface area contributed by atoms with E-state index in [0.29, 0.717) is 0 Å². The first-order chi connectivity index (χ1) is 4.83. The fraction of sp³-hybridized carbons (Fsp3) is 0.143. The summed E-state index contributed by atoms with van der Waals surface area (Å²) < 4.78 is 0. The van der Waals surface area contributed by atoms with Crippen LogP contribution in [0.1, 0.15) is 0 Å². The zero-order valence-corrected chi connectivity index (χ0v) is 7.72. The highest BCUT2D eigenvalue weighted by molar-refractivity contribution is 8.09. The molecule has 0 saturated carbocycles. The van der Waals surface area contributed by atoms with Gasteiger partial charge in [0.2, 0.25) is 0 Å². The summed E-state index contributed by atoms with van der Waals surface area (Å²) >= 11 is 11.5. The summed E-state index contributed by atoms with van der Waals surface area (Å²) in [6.07, 6.45) is 0. The molecule has 0 amide bonds. The molecule has 0 spiro atoms. The van der Waals surface area contributed by atoms with Gasteiger partial charge in [0.15, 0.2) is 0 Å². The fourth-order valence-electron chi connectivity index (χ4n) is 0.605. The van der Waals surface area contributed by atoms with Gasteiger partial charge in [0, 0.05) is 15.0 Å². The lowest BCUT2D eigenvalue weighted by atomic mass is 10.4. The summed E-state index contributed by atoms with van der Waals surface area (Å²) in [5, 5.41) is 1.59. The SMILES string of the molecule is SCSc1ccc(Cl)cc1. The molecule has 54 valence electrons. The van der Waals surface area contributed by atoms with Crippen LogP contribution in [0, 0.1) is 0 Å². The number of hydrogen-bond donors (Lipinski definition) is 1. The van der Waals surface area contributed by atoms with E-state index in [-0.39, 0.29) is 0 Å². The van der Waals surface area contributed by atoms with E-state index in [1.54, 1.807) is 11.8 Å². The molecule has 3 heteroatoms. The van der Waals surface area contributed by atoms with Crippen molar-refractivity contribution in [2.24, 2.45) is 0 Å². The highest BCUT2D eigenvalue weighted by Gasteiger charge is 1.89. The highest BCUT2D eigenvalue weighted by Crippen LogP contribution is 2.20. The molecule has 0 aliphatic carbocycles. The Morgan fingerprint density at radius 1 is 1.30 bits per heavy atom. The number of halogens is 1.